The molecule has 0 bridgehead atoms. The standard InChI is InChI=1S/C24H28N2O3/c1-15(2)14-17-21(24(17,3)4)23(28)25-18-11-7-6-10-16(18)22(27)26-19-12-8-9-13-20(19)29-5/h6-14,17,21H,1-5H3,(H,25,28)(H,26,27)/t17-,21+/m1/s1. The average Bonchev–Trinajstić information content (AvgIpc) is 3.21. The van der Waals surface area contributed by atoms with Crippen LogP contribution in [-0.2, 0) is 4.79 Å². The molecule has 0 radical (unpaired) electrons. The van der Waals surface area contributed by atoms with Crippen molar-refractivity contribution in [1.82, 2.24) is 0 Å². The molecule has 2 aromatic rings. The quantitative estimate of drug-likeness (QED) is 0.670. The van der Waals surface area contributed by atoms with Crippen LogP contribution in [0.4, 0.5) is 11.4 Å². The molecule has 1 fully saturated rings. The molecule has 5 nitrogen and oxygen atoms in total. The van der Waals surface area contributed by atoms with Crippen LogP contribution in [0.2, 0.25) is 0 Å². The lowest BCUT2D eigenvalue weighted by molar-refractivity contribution is -0.118. The van der Waals surface area contributed by atoms with Gasteiger partial charge in [-0.25, -0.2) is 0 Å². The smallest absolute Gasteiger partial charge is 0.257 e. The highest BCUT2D eigenvalue weighted by molar-refractivity contribution is 6.11. The second kappa shape index (κ2) is 8.11. The molecule has 2 N–H and O–H groups in total. The lowest BCUT2D eigenvalue weighted by Crippen LogP contribution is -2.21. The number of ether oxygens (including phenoxy) is 1. The van der Waals surface area contributed by atoms with Gasteiger partial charge in [-0.15, -0.1) is 0 Å². The molecule has 0 spiro atoms. The maximum absolute atomic E-state index is 12.9. The van der Waals surface area contributed by atoms with Gasteiger partial charge in [0, 0.05) is 0 Å². The summed E-state index contributed by atoms with van der Waals surface area (Å²) in [6, 6.07) is 14.2. The molecule has 5 heteroatoms. The van der Waals surface area contributed by atoms with E-state index >= 15 is 0 Å². The number of rotatable bonds is 6. The molecule has 29 heavy (non-hydrogen) atoms. The van der Waals surface area contributed by atoms with Crippen LogP contribution in [0.25, 0.3) is 0 Å². The van der Waals surface area contributed by atoms with Gasteiger partial charge in [0.15, 0.2) is 0 Å². The third-order valence-electron chi connectivity index (χ3n) is 5.49. The second-order valence-corrected chi connectivity index (χ2v) is 8.26. The van der Waals surface area contributed by atoms with Gasteiger partial charge in [-0.05, 0) is 49.4 Å². The van der Waals surface area contributed by atoms with E-state index in [9.17, 15) is 9.59 Å². The Balaban J connectivity index is 1.78. The molecule has 0 heterocycles. The summed E-state index contributed by atoms with van der Waals surface area (Å²) >= 11 is 0. The van der Waals surface area contributed by atoms with Crippen molar-refractivity contribution in [3.63, 3.8) is 0 Å². The summed E-state index contributed by atoms with van der Waals surface area (Å²) in [6.07, 6.45) is 2.16. The van der Waals surface area contributed by atoms with Crippen molar-refractivity contribution in [3.05, 3.63) is 65.7 Å². The van der Waals surface area contributed by atoms with Gasteiger partial charge >= 0.3 is 0 Å². The molecule has 2 amide bonds. The lowest BCUT2D eigenvalue weighted by Gasteiger charge is -2.13. The van der Waals surface area contributed by atoms with Crippen molar-refractivity contribution < 1.29 is 14.3 Å². The molecule has 2 aromatic carbocycles. The number of carbonyl (C=O) groups is 2. The van der Waals surface area contributed by atoms with Crippen molar-refractivity contribution >= 4 is 23.2 Å². The van der Waals surface area contributed by atoms with Gasteiger partial charge in [-0.2, -0.15) is 0 Å². The van der Waals surface area contributed by atoms with E-state index in [2.05, 4.69) is 30.6 Å². The first-order valence-corrected chi connectivity index (χ1v) is 9.75. The van der Waals surface area contributed by atoms with Crippen molar-refractivity contribution in [2.45, 2.75) is 27.7 Å². The number of nitrogens with one attached hydrogen (secondary N) is 2. The van der Waals surface area contributed by atoms with Gasteiger partial charge in [-0.1, -0.05) is 49.8 Å². The summed E-state index contributed by atoms with van der Waals surface area (Å²) in [5, 5.41) is 5.83. The molecule has 1 aliphatic carbocycles. The molecule has 0 saturated heterocycles. The van der Waals surface area contributed by atoms with E-state index in [1.165, 1.54) is 5.57 Å². The van der Waals surface area contributed by atoms with Crippen LogP contribution in [0.15, 0.2) is 60.2 Å². The Bertz CT molecular complexity index is 958. The van der Waals surface area contributed by atoms with Crippen LogP contribution in [0, 0.1) is 17.3 Å². The first kappa shape index (κ1) is 20.6. The predicted molar refractivity (Wildman–Crippen MR) is 116 cm³/mol. The summed E-state index contributed by atoms with van der Waals surface area (Å²) in [4.78, 5) is 25.8. The van der Waals surface area contributed by atoms with Crippen LogP contribution in [0.3, 0.4) is 0 Å². The summed E-state index contributed by atoms with van der Waals surface area (Å²) < 4.78 is 5.29. The summed E-state index contributed by atoms with van der Waals surface area (Å²) in [5.41, 5.74) is 2.60. The number of benzene rings is 2. The zero-order valence-corrected chi connectivity index (χ0v) is 17.6. The highest BCUT2D eigenvalue weighted by Gasteiger charge is 2.60. The minimum Gasteiger partial charge on any atom is -0.495 e. The number of amides is 2. The number of para-hydroxylation sites is 3. The van der Waals surface area contributed by atoms with Crippen LogP contribution in [0.1, 0.15) is 38.1 Å². The van der Waals surface area contributed by atoms with E-state index in [4.69, 9.17) is 4.74 Å². The zero-order chi connectivity index (χ0) is 21.2. The minimum absolute atomic E-state index is 0.0601. The summed E-state index contributed by atoms with van der Waals surface area (Å²) in [6.45, 7) is 8.28. The number of allylic oxidation sites excluding steroid dienone is 2. The number of hydrogen-bond acceptors (Lipinski definition) is 3. The third kappa shape index (κ3) is 4.34. The van der Waals surface area contributed by atoms with E-state index in [0.717, 1.165) is 0 Å². The maximum atomic E-state index is 12.9. The maximum Gasteiger partial charge on any atom is 0.257 e. The minimum atomic E-state index is -0.304. The summed E-state index contributed by atoms with van der Waals surface area (Å²) in [5.74, 6) is 0.313. The van der Waals surface area contributed by atoms with Crippen molar-refractivity contribution in [2.75, 3.05) is 17.7 Å². The van der Waals surface area contributed by atoms with Gasteiger partial charge in [-0.3, -0.25) is 9.59 Å². The second-order valence-electron chi connectivity index (χ2n) is 8.26. The van der Waals surface area contributed by atoms with E-state index in [0.29, 0.717) is 22.7 Å². The zero-order valence-electron chi connectivity index (χ0n) is 17.6. The number of methoxy groups -OCH3 is 1. The Morgan fingerprint density at radius 2 is 1.59 bits per heavy atom. The lowest BCUT2D eigenvalue weighted by atomic mass is 10.1. The van der Waals surface area contributed by atoms with Crippen LogP contribution in [0.5, 0.6) is 5.75 Å². The van der Waals surface area contributed by atoms with Gasteiger partial charge in [0.25, 0.3) is 5.91 Å². The van der Waals surface area contributed by atoms with Gasteiger partial charge in [0.2, 0.25) is 5.91 Å². The molecule has 0 unspecified atom stereocenters. The van der Waals surface area contributed by atoms with Crippen LogP contribution in [-0.4, -0.2) is 18.9 Å². The Kier molecular flexibility index (Phi) is 5.78. The van der Waals surface area contributed by atoms with Crippen LogP contribution < -0.4 is 15.4 Å². The molecule has 0 aromatic heterocycles. The molecule has 1 saturated carbocycles. The monoisotopic (exact) mass is 392 g/mol. The van der Waals surface area contributed by atoms with Crippen LogP contribution >= 0.6 is 0 Å². The van der Waals surface area contributed by atoms with E-state index < -0.39 is 0 Å². The fourth-order valence-electron chi connectivity index (χ4n) is 3.79. The highest BCUT2D eigenvalue weighted by atomic mass is 16.5. The molecular weight excluding hydrogens is 364 g/mol. The summed E-state index contributed by atoms with van der Waals surface area (Å²) in [7, 11) is 1.55. The Morgan fingerprint density at radius 1 is 0.966 bits per heavy atom. The Hall–Kier alpha value is -3.08. The predicted octanol–water partition coefficient (Wildman–Crippen LogP) is 5.12. The van der Waals surface area contributed by atoms with Crippen molar-refractivity contribution in [1.29, 1.82) is 0 Å². The first-order chi connectivity index (χ1) is 13.8. The van der Waals surface area contributed by atoms with Crippen molar-refractivity contribution in [3.8, 4) is 5.75 Å². The Morgan fingerprint density at radius 3 is 2.24 bits per heavy atom. The molecule has 152 valence electrons. The number of anilines is 2. The SMILES string of the molecule is COc1ccccc1NC(=O)c1ccccc1NC(=O)[C@@H]1[C@@H](C=C(C)C)C1(C)C. The highest BCUT2D eigenvalue weighted by Crippen LogP contribution is 2.59. The molecule has 1 aliphatic rings. The normalized spacial score (nSPS) is 19.1. The number of carbonyl (C=O) groups excluding carboxylic acids is 2. The van der Waals surface area contributed by atoms with E-state index in [1.807, 2.05) is 26.0 Å². The fourth-order valence-corrected chi connectivity index (χ4v) is 3.79. The number of hydrogen-bond donors (Lipinski definition) is 2. The van der Waals surface area contributed by atoms with Gasteiger partial charge in [0.05, 0.1) is 30.0 Å². The molecule has 2 atom stereocenters. The average molecular weight is 392 g/mol. The Labute approximate surface area is 172 Å². The third-order valence-corrected chi connectivity index (χ3v) is 5.49. The molecular formula is C24H28N2O3. The molecule has 3 rings (SSSR count). The molecule has 0 aliphatic heterocycles. The first-order valence-electron chi connectivity index (χ1n) is 9.75. The van der Waals surface area contributed by atoms with Crippen molar-refractivity contribution in [2.24, 2.45) is 17.3 Å². The largest absolute Gasteiger partial charge is 0.495 e. The fraction of sp³-hybridized carbons (Fsp3) is 0.333. The van der Waals surface area contributed by atoms with Gasteiger partial charge in [0.1, 0.15) is 5.75 Å². The van der Waals surface area contributed by atoms with E-state index in [1.54, 1.807) is 43.5 Å². The topological polar surface area (TPSA) is 67.4 Å². The van der Waals surface area contributed by atoms with Gasteiger partial charge < -0.3 is 15.4 Å². The van der Waals surface area contributed by atoms with E-state index in [-0.39, 0.29) is 29.1 Å².